The van der Waals surface area contributed by atoms with Crippen molar-refractivity contribution in [3.05, 3.63) is 35.5 Å². The number of carbonyl (C=O) groups excluding carboxylic acids is 1. The number of rotatable bonds is 5. The molecule has 0 saturated heterocycles. The topological polar surface area (TPSA) is 90.2 Å². The monoisotopic (exact) mass is 288 g/mol. The van der Waals surface area contributed by atoms with E-state index in [1.54, 1.807) is 25.1 Å². The summed E-state index contributed by atoms with van der Waals surface area (Å²) in [6, 6.07) is 6.45. The van der Waals surface area contributed by atoms with E-state index in [1.165, 1.54) is 17.0 Å². The maximum Gasteiger partial charge on any atom is 0.303 e. The van der Waals surface area contributed by atoms with Gasteiger partial charge in [-0.2, -0.15) is 0 Å². The van der Waals surface area contributed by atoms with Crippen LogP contribution in [0.15, 0.2) is 35.0 Å². The lowest BCUT2D eigenvalue weighted by atomic mass is 10.2. The molecule has 1 heterocycles. The van der Waals surface area contributed by atoms with Gasteiger partial charge in [0.15, 0.2) is 0 Å². The number of carboxylic acids is 1. The maximum absolute atomic E-state index is 12.2. The fourth-order valence-corrected chi connectivity index (χ4v) is 2.04. The van der Waals surface area contributed by atoms with Gasteiger partial charge in [0.1, 0.15) is 17.3 Å². The summed E-state index contributed by atoms with van der Waals surface area (Å²) in [7, 11) is 0. The first kappa shape index (κ1) is 14.8. The highest BCUT2D eigenvalue weighted by atomic mass is 16.4. The van der Waals surface area contributed by atoms with Crippen molar-refractivity contribution < 1.29 is 19.8 Å². The zero-order chi connectivity index (χ0) is 15.4. The molecule has 1 aliphatic rings. The quantitative estimate of drug-likeness (QED) is 0.809. The number of amidine groups is 1. The van der Waals surface area contributed by atoms with Gasteiger partial charge in [-0.25, -0.2) is 4.99 Å². The Morgan fingerprint density at radius 1 is 1.33 bits per heavy atom. The minimum absolute atomic E-state index is 0.0219. The van der Waals surface area contributed by atoms with E-state index in [0.717, 1.165) is 5.56 Å². The Kier molecular flexibility index (Phi) is 4.37. The smallest absolute Gasteiger partial charge is 0.303 e. The van der Waals surface area contributed by atoms with Gasteiger partial charge in [-0.15, -0.1) is 0 Å². The van der Waals surface area contributed by atoms with E-state index in [1.807, 2.05) is 0 Å². The van der Waals surface area contributed by atoms with Gasteiger partial charge in [-0.05, 0) is 37.1 Å². The Balaban J connectivity index is 2.08. The number of aliphatic imine (C=N–C) groups is 1. The maximum atomic E-state index is 12.2. The Bertz CT molecular complexity index is 617. The van der Waals surface area contributed by atoms with E-state index in [0.29, 0.717) is 24.5 Å². The summed E-state index contributed by atoms with van der Waals surface area (Å²) >= 11 is 0. The van der Waals surface area contributed by atoms with Gasteiger partial charge in [0.25, 0.3) is 5.91 Å². The van der Waals surface area contributed by atoms with Crippen LogP contribution in [0.1, 0.15) is 25.3 Å². The van der Waals surface area contributed by atoms with Crippen molar-refractivity contribution in [3.63, 3.8) is 0 Å². The highest BCUT2D eigenvalue weighted by Gasteiger charge is 2.26. The molecule has 1 aromatic rings. The standard InChI is InChI=1S/C15H16N2O4/c1-10-16-13(9-11-4-6-12(18)7-5-11)15(21)17(10)8-2-3-14(19)20/h4-7,9,18H,2-3,8H2,1H3,(H,19,20)/b13-9+. The first-order valence-corrected chi connectivity index (χ1v) is 6.57. The summed E-state index contributed by atoms with van der Waals surface area (Å²) in [6.45, 7) is 2.06. The number of phenolic OH excluding ortho intramolecular Hbond substituents is 1. The van der Waals surface area contributed by atoms with Crippen LogP contribution in [-0.2, 0) is 9.59 Å². The van der Waals surface area contributed by atoms with Crippen molar-refractivity contribution in [1.82, 2.24) is 4.90 Å². The third-order valence-electron chi connectivity index (χ3n) is 3.11. The van der Waals surface area contributed by atoms with Crippen molar-refractivity contribution in [2.24, 2.45) is 4.99 Å². The Morgan fingerprint density at radius 2 is 2.00 bits per heavy atom. The number of hydrogen-bond acceptors (Lipinski definition) is 4. The molecule has 0 unspecified atom stereocenters. The molecule has 1 amide bonds. The van der Waals surface area contributed by atoms with Crippen LogP contribution in [0.2, 0.25) is 0 Å². The van der Waals surface area contributed by atoms with E-state index >= 15 is 0 Å². The van der Waals surface area contributed by atoms with Crippen LogP contribution in [0.3, 0.4) is 0 Å². The number of aromatic hydroxyl groups is 1. The molecule has 0 saturated carbocycles. The molecule has 0 aromatic heterocycles. The second-order valence-electron chi connectivity index (χ2n) is 4.73. The molecule has 0 fully saturated rings. The number of nitrogens with zero attached hydrogens (tertiary/aromatic N) is 2. The Morgan fingerprint density at radius 3 is 2.62 bits per heavy atom. The first-order chi connectivity index (χ1) is 9.97. The number of hydrogen-bond donors (Lipinski definition) is 2. The molecule has 6 heteroatoms. The molecule has 0 atom stereocenters. The number of carbonyl (C=O) groups is 2. The molecule has 1 aromatic carbocycles. The van der Waals surface area contributed by atoms with Crippen LogP contribution in [0.4, 0.5) is 0 Å². The summed E-state index contributed by atoms with van der Waals surface area (Å²) in [5.41, 5.74) is 1.08. The van der Waals surface area contributed by atoms with Crippen molar-refractivity contribution >= 4 is 23.8 Å². The minimum Gasteiger partial charge on any atom is -0.508 e. The Labute approximate surface area is 122 Å². The van der Waals surface area contributed by atoms with Crippen LogP contribution in [-0.4, -0.2) is 39.4 Å². The van der Waals surface area contributed by atoms with Crippen LogP contribution < -0.4 is 0 Å². The zero-order valence-electron chi connectivity index (χ0n) is 11.6. The molecule has 2 N–H and O–H groups in total. The normalized spacial score (nSPS) is 16.4. The van der Waals surface area contributed by atoms with Crippen LogP contribution in [0, 0.1) is 0 Å². The number of amides is 1. The molecular weight excluding hydrogens is 272 g/mol. The molecule has 2 rings (SSSR count). The van der Waals surface area contributed by atoms with Crippen molar-refractivity contribution in [2.45, 2.75) is 19.8 Å². The lowest BCUT2D eigenvalue weighted by Crippen LogP contribution is -2.31. The third-order valence-corrected chi connectivity index (χ3v) is 3.11. The summed E-state index contributed by atoms with van der Waals surface area (Å²) < 4.78 is 0. The SMILES string of the molecule is CC1=N/C(=C/c2ccc(O)cc2)C(=O)N1CCCC(=O)O. The van der Waals surface area contributed by atoms with Crippen LogP contribution in [0.25, 0.3) is 6.08 Å². The highest BCUT2D eigenvalue weighted by molar-refractivity contribution is 6.13. The van der Waals surface area contributed by atoms with Crippen LogP contribution >= 0.6 is 0 Å². The van der Waals surface area contributed by atoms with E-state index in [9.17, 15) is 14.7 Å². The van der Waals surface area contributed by atoms with Gasteiger partial charge in [0.05, 0.1) is 0 Å². The number of carboxylic acid groups (broad SMARTS) is 1. The summed E-state index contributed by atoms with van der Waals surface area (Å²) in [6.07, 6.45) is 2.05. The molecule has 110 valence electrons. The minimum atomic E-state index is -0.879. The van der Waals surface area contributed by atoms with E-state index in [4.69, 9.17) is 5.11 Å². The predicted octanol–water partition coefficient (Wildman–Crippen LogP) is 1.86. The van der Waals surface area contributed by atoms with Gasteiger partial charge < -0.3 is 10.2 Å². The van der Waals surface area contributed by atoms with E-state index in [2.05, 4.69) is 4.99 Å². The lowest BCUT2D eigenvalue weighted by molar-refractivity contribution is -0.137. The molecular formula is C15H16N2O4. The largest absolute Gasteiger partial charge is 0.508 e. The summed E-state index contributed by atoms with van der Waals surface area (Å²) in [5.74, 6) is -0.387. The predicted molar refractivity (Wildman–Crippen MR) is 77.8 cm³/mol. The van der Waals surface area contributed by atoms with Crippen molar-refractivity contribution in [3.8, 4) is 5.75 Å². The average Bonchev–Trinajstić information content (AvgIpc) is 2.68. The Hall–Kier alpha value is -2.63. The highest BCUT2D eigenvalue weighted by Crippen LogP contribution is 2.20. The fourth-order valence-electron chi connectivity index (χ4n) is 2.04. The lowest BCUT2D eigenvalue weighted by Gasteiger charge is -2.14. The van der Waals surface area contributed by atoms with Crippen LogP contribution in [0.5, 0.6) is 5.75 Å². The zero-order valence-corrected chi connectivity index (χ0v) is 11.6. The van der Waals surface area contributed by atoms with E-state index < -0.39 is 5.97 Å². The molecule has 21 heavy (non-hydrogen) atoms. The molecule has 0 aliphatic carbocycles. The fraction of sp³-hybridized carbons (Fsp3) is 0.267. The van der Waals surface area contributed by atoms with Gasteiger partial charge in [0.2, 0.25) is 0 Å². The molecule has 1 aliphatic heterocycles. The third kappa shape index (κ3) is 3.68. The number of benzene rings is 1. The average molecular weight is 288 g/mol. The molecule has 0 radical (unpaired) electrons. The second-order valence-corrected chi connectivity index (χ2v) is 4.73. The molecule has 0 spiro atoms. The molecule has 0 bridgehead atoms. The number of aliphatic carboxylic acids is 1. The number of phenols is 1. The van der Waals surface area contributed by atoms with Crippen molar-refractivity contribution in [2.75, 3.05) is 6.54 Å². The summed E-state index contributed by atoms with van der Waals surface area (Å²) in [5, 5.41) is 17.8. The van der Waals surface area contributed by atoms with Gasteiger partial charge in [0, 0.05) is 13.0 Å². The van der Waals surface area contributed by atoms with E-state index in [-0.39, 0.29) is 18.1 Å². The second kappa shape index (κ2) is 6.21. The van der Waals surface area contributed by atoms with Crippen molar-refractivity contribution in [1.29, 1.82) is 0 Å². The molecule has 6 nitrogen and oxygen atoms in total. The van der Waals surface area contributed by atoms with Gasteiger partial charge in [-0.3, -0.25) is 14.5 Å². The van der Waals surface area contributed by atoms with Gasteiger partial charge in [-0.1, -0.05) is 12.1 Å². The summed E-state index contributed by atoms with van der Waals surface area (Å²) in [4.78, 5) is 28.4. The van der Waals surface area contributed by atoms with Gasteiger partial charge >= 0.3 is 5.97 Å². The first-order valence-electron chi connectivity index (χ1n) is 6.57.